The molecule has 0 radical (unpaired) electrons. The van der Waals surface area contributed by atoms with Crippen LogP contribution in [0.5, 0.6) is 0 Å². The van der Waals surface area contributed by atoms with Gasteiger partial charge in [-0.15, -0.1) is 0 Å². The van der Waals surface area contributed by atoms with Crippen molar-refractivity contribution in [2.45, 2.75) is 6.42 Å². The fraction of sp³-hybridized carbons (Fsp3) is 0.273. The molecule has 0 bridgehead atoms. The molecular formula is C11H13NO3S. The highest BCUT2D eigenvalue weighted by Crippen LogP contribution is 2.10. The molecular weight excluding hydrogens is 226 g/mol. The smallest absolute Gasteiger partial charge is 0.307 e. The molecule has 0 fully saturated rings. The SMILES string of the molecule is CSCC(=O)Nc1ccc(CC(=O)O)cc1. The van der Waals surface area contributed by atoms with Crippen molar-refractivity contribution in [3.8, 4) is 0 Å². The Bertz CT molecular complexity index is 375. The first-order chi connectivity index (χ1) is 7.61. The summed E-state index contributed by atoms with van der Waals surface area (Å²) in [6.07, 6.45) is 1.86. The summed E-state index contributed by atoms with van der Waals surface area (Å²) in [5, 5.41) is 11.3. The zero-order chi connectivity index (χ0) is 12.0. The van der Waals surface area contributed by atoms with E-state index in [1.807, 2.05) is 6.26 Å². The number of amides is 1. The van der Waals surface area contributed by atoms with Gasteiger partial charge in [0.15, 0.2) is 0 Å². The Morgan fingerprint density at radius 3 is 2.44 bits per heavy atom. The van der Waals surface area contributed by atoms with E-state index in [9.17, 15) is 9.59 Å². The molecule has 0 atom stereocenters. The lowest BCUT2D eigenvalue weighted by molar-refractivity contribution is -0.136. The van der Waals surface area contributed by atoms with Gasteiger partial charge in [0, 0.05) is 5.69 Å². The number of anilines is 1. The van der Waals surface area contributed by atoms with Crippen LogP contribution >= 0.6 is 11.8 Å². The van der Waals surface area contributed by atoms with Crippen molar-refractivity contribution in [3.63, 3.8) is 0 Å². The van der Waals surface area contributed by atoms with Crippen molar-refractivity contribution in [2.75, 3.05) is 17.3 Å². The van der Waals surface area contributed by atoms with Crippen LogP contribution in [0.2, 0.25) is 0 Å². The number of carboxylic acid groups (broad SMARTS) is 1. The third kappa shape index (κ3) is 4.35. The third-order valence-electron chi connectivity index (χ3n) is 1.87. The van der Waals surface area contributed by atoms with Crippen LogP contribution in [0.1, 0.15) is 5.56 Å². The van der Waals surface area contributed by atoms with E-state index in [-0.39, 0.29) is 12.3 Å². The number of nitrogens with one attached hydrogen (secondary N) is 1. The molecule has 0 aliphatic heterocycles. The highest BCUT2D eigenvalue weighted by atomic mass is 32.2. The van der Waals surface area contributed by atoms with Gasteiger partial charge in [0.2, 0.25) is 5.91 Å². The van der Waals surface area contributed by atoms with Crippen LogP contribution in [0.15, 0.2) is 24.3 Å². The van der Waals surface area contributed by atoms with E-state index >= 15 is 0 Å². The minimum atomic E-state index is -0.862. The summed E-state index contributed by atoms with van der Waals surface area (Å²) in [5.41, 5.74) is 1.41. The summed E-state index contributed by atoms with van der Waals surface area (Å²) in [5.74, 6) is -0.505. The molecule has 5 heteroatoms. The fourth-order valence-electron chi connectivity index (χ4n) is 1.21. The van der Waals surface area contributed by atoms with Gasteiger partial charge in [0.05, 0.1) is 12.2 Å². The van der Waals surface area contributed by atoms with Gasteiger partial charge in [-0.25, -0.2) is 0 Å². The summed E-state index contributed by atoms with van der Waals surface area (Å²) >= 11 is 1.45. The van der Waals surface area contributed by atoms with E-state index in [4.69, 9.17) is 5.11 Å². The molecule has 0 heterocycles. The summed E-state index contributed by atoms with van der Waals surface area (Å²) in [7, 11) is 0. The second kappa shape index (κ2) is 6.17. The van der Waals surface area contributed by atoms with Gasteiger partial charge in [0.1, 0.15) is 0 Å². The lowest BCUT2D eigenvalue weighted by Gasteiger charge is -2.04. The van der Waals surface area contributed by atoms with Gasteiger partial charge >= 0.3 is 5.97 Å². The first kappa shape index (κ1) is 12.6. The zero-order valence-electron chi connectivity index (χ0n) is 8.90. The molecule has 1 aromatic carbocycles. The molecule has 2 N–H and O–H groups in total. The highest BCUT2D eigenvalue weighted by Gasteiger charge is 2.02. The van der Waals surface area contributed by atoms with E-state index < -0.39 is 5.97 Å². The average Bonchev–Trinajstić information content (AvgIpc) is 2.20. The van der Waals surface area contributed by atoms with Crippen molar-refractivity contribution in [3.05, 3.63) is 29.8 Å². The predicted molar refractivity (Wildman–Crippen MR) is 64.8 cm³/mol. The van der Waals surface area contributed by atoms with Crippen LogP contribution in [0, 0.1) is 0 Å². The molecule has 0 spiro atoms. The highest BCUT2D eigenvalue weighted by molar-refractivity contribution is 7.99. The van der Waals surface area contributed by atoms with Gasteiger partial charge in [-0.3, -0.25) is 9.59 Å². The van der Waals surface area contributed by atoms with Crippen LogP contribution in [0.25, 0.3) is 0 Å². The van der Waals surface area contributed by atoms with Crippen molar-refractivity contribution in [1.82, 2.24) is 0 Å². The third-order valence-corrected chi connectivity index (χ3v) is 2.42. The molecule has 0 aromatic heterocycles. The van der Waals surface area contributed by atoms with Crippen LogP contribution in [-0.2, 0) is 16.0 Å². The van der Waals surface area contributed by atoms with Gasteiger partial charge in [-0.2, -0.15) is 11.8 Å². The number of rotatable bonds is 5. The number of carboxylic acids is 1. The maximum absolute atomic E-state index is 11.2. The Kier molecular flexibility index (Phi) is 4.85. The summed E-state index contributed by atoms with van der Waals surface area (Å²) < 4.78 is 0. The Labute approximate surface area is 98.0 Å². The first-order valence-corrected chi connectivity index (χ1v) is 6.10. The van der Waals surface area contributed by atoms with Gasteiger partial charge < -0.3 is 10.4 Å². The maximum Gasteiger partial charge on any atom is 0.307 e. The molecule has 0 saturated carbocycles. The zero-order valence-corrected chi connectivity index (χ0v) is 9.71. The quantitative estimate of drug-likeness (QED) is 0.819. The van der Waals surface area contributed by atoms with E-state index in [2.05, 4.69) is 5.32 Å². The second-order valence-electron chi connectivity index (χ2n) is 3.25. The normalized spacial score (nSPS) is 9.81. The fourth-order valence-corrected chi connectivity index (χ4v) is 1.54. The second-order valence-corrected chi connectivity index (χ2v) is 4.11. The van der Waals surface area contributed by atoms with Crippen LogP contribution in [0.4, 0.5) is 5.69 Å². The minimum absolute atomic E-state index is 0.000954. The maximum atomic E-state index is 11.2. The lowest BCUT2D eigenvalue weighted by Crippen LogP contribution is -2.13. The molecule has 1 aromatic rings. The molecule has 0 aliphatic carbocycles. The Hall–Kier alpha value is -1.49. The van der Waals surface area contributed by atoms with Crippen molar-refractivity contribution in [1.29, 1.82) is 0 Å². The first-order valence-electron chi connectivity index (χ1n) is 4.71. The van der Waals surface area contributed by atoms with E-state index in [0.717, 1.165) is 5.56 Å². The van der Waals surface area contributed by atoms with Crippen LogP contribution in [-0.4, -0.2) is 29.0 Å². The number of aliphatic carboxylic acids is 1. The minimum Gasteiger partial charge on any atom is -0.481 e. The molecule has 86 valence electrons. The Morgan fingerprint density at radius 2 is 1.94 bits per heavy atom. The molecule has 0 saturated heterocycles. The molecule has 1 rings (SSSR count). The van der Waals surface area contributed by atoms with Gasteiger partial charge in [0.25, 0.3) is 0 Å². The van der Waals surface area contributed by atoms with Gasteiger partial charge in [-0.1, -0.05) is 12.1 Å². The van der Waals surface area contributed by atoms with E-state index in [1.54, 1.807) is 24.3 Å². The van der Waals surface area contributed by atoms with Crippen molar-refractivity contribution >= 4 is 29.3 Å². The van der Waals surface area contributed by atoms with E-state index in [1.165, 1.54) is 11.8 Å². The number of benzene rings is 1. The summed E-state index contributed by atoms with van der Waals surface area (Å²) in [6.45, 7) is 0. The summed E-state index contributed by atoms with van der Waals surface area (Å²) in [4.78, 5) is 21.7. The number of hydrogen-bond acceptors (Lipinski definition) is 3. The standard InChI is InChI=1S/C11H13NO3S/c1-16-7-10(13)12-9-4-2-8(3-5-9)6-11(14)15/h2-5H,6-7H2,1H3,(H,12,13)(H,14,15). The Morgan fingerprint density at radius 1 is 1.31 bits per heavy atom. The van der Waals surface area contributed by atoms with Crippen LogP contribution in [0.3, 0.4) is 0 Å². The number of carbonyl (C=O) groups excluding carboxylic acids is 1. The number of carbonyl (C=O) groups is 2. The van der Waals surface area contributed by atoms with Crippen molar-refractivity contribution in [2.24, 2.45) is 0 Å². The largest absolute Gasteiger partial charge is 0.481 e. The Balaban J connectivity index is 2.57. The molecule has 0 unspecified atom stereocenters. The molecule has 4 nitrogen and oxygen atoms in total. The van der Waals surface area contributed by atoms with Crippen molar-refractivity contribution < 1.29 is 14.7 Å². The number of hydrogen-bond donors (Lipinski definition) is 2. The predicted octanol–water partition coefficient (Wildman–Crippen LogP) is 1.62. The van der Waals surface area contributed by atoms with E-state index in [0.29, 0.717) is 11.4 Å². The van der Waals surface area contributed by atoms with Crippen LogP contribution < -0.4 is 5.32 Å². The molecule has 0 aliphatic rings. The summed E-state index contributed by atoms with van der Waals surface area (Å²) in [6, 6.07) is 6.80. The lowest BCUT2D eigenvalue weighted by atomic mass is 10.1. The molecule has 1 amide bonds. The molecule has 16 heavy (non-hydrogen) atoms. The average molecular weight is 239 g/mol. The monoisotopic (exact) mass is 239 g/mol. The number of thioether (sulfide) groups is 1. The van der Waals surface area contributed by atoms with Gasteiger partial charge in [-0.05, 0) is 24.0 Å². The topological polar surface area (TPSA) is 66.4 Å².